The monoisotopic (exact) mass is 520 g/mol. The van der Waals surface area contributed by atoms with Gasteiger partial charge in [0.25, 0.3) is 5.91 Å². The summed E-state index contributed by atoms with van der Waals surface area (Å²) in [7, 11) is 1.57. The number of aliphatic hydroxyl groups is 1. The van der Waals surface area contributed by atoms with E-state index in [4.69, 9.17) is 18.6 Å². The minimum atomic E-state index is -0.984. The molecule has 3 heterocycles. The number of hydrogen-bond acceptors (Lipinski definition) is 9. The van der Waals surface area contributed by atoms with E-state index in [1.165, 1.54) is 28.6 Å². The van der Waals surface area contributed by atoms with Crippen molar-refractivity contribution in [1.29, 1.82) is 0 Å². The fourth-order valence-electron chi connectivity index (χ4n) is 4.25. The number of amides is 1. The van der Waals surface area contributed by atoms with Crippen LogP contribution in [0.2, 0.25) is 0 Å². The van der Waals surface area contributed by atoms with Crippen LogP contribution < -0.4 is 19.1 Å². The van der Waals surface area contributed by atoms with Gasteiger partial charge in [-0.25, -0.2) is 4.98 Å². The number of methoxy groups -OCH3 is 1. The molecule has 1 amide bonds. The van der Waals surface area contributed by atoms with Crippen LogP contribution in [0, 0.1) is 0 Å². The second kappa shape index (κ2) is 9.98. The van der Waals surface area contributed by atoms with E-state index < -0.39 is 23.5 Å². The van der Waals surface area contributed by atoms with Crippen molar-refractivity contribution in [3.8, 4) is 17.2 Å². The molecule has 0 spiro atoms. The first-order chi connectivity index (χ1) is 18.0. The molecular weight excluding hydrogens is 496 g/mol. The maximum Gasteiger partial charge on any atom is 0.296 e. The second-order valence-corrected chi connectivity index (χ2v) is 9.06. The van der Waals surface area contributed by atoms with Crippen molar-refractivity contribution in [2.24, 2.45) is 0 Å². The summed E-state index contributed by atoms with van der Waals surface area (Å²) in [4.78, 5) is 32.9. The second-order valence-electron chi connectivity index (χ2n) is 8.05. The number of rotatable bonds is 9. The van der Waals surface area contributed by atoms with E-state index in [0.29, 0.717) is 46.7 Å². The van der Waals surface area contributed by atoms with Crippen LogP contribution >= 0.6 is 11.3 Å². The Labute approximate surface area is 216 Å². The Hall–Kier alpha value is -4.31. The molecule has 0 bridgehead atoms. The molecule has 1 aliphatic rings. The van der Waals surface area contributed by atoms with Crippen LogP contribution in [-0.2, 0) is 4.79 Å². The van der Waals surface area contributed by atoms with Crippen LogP contribution in [0.25, 0.3) is 10.2 Å². The van der Waals surface area contributed by atoms with Gasteiger partial charge in [0.1, 0.15) is 5.75 Å². The smallest absolute Gasteiger partial charge is 0.296 e. The van der Waals surface area contributed by atoms with Crippen LogP contribution in [0.1, 0.15) is 36.0 Å². The molecule has 2 aromatic heterocycles. The third kappa shape index (κ3) is 4.29. The molecular formula is C27H24N2O7S. The average molecular weight is 521 g/mol. The molecule has 0 fully saturated rings. The average Bonchev–Trinajstić information content (AvgIpc) is 3.63. The number of nitrogens with zero attached hydrogens (tertiary/aromatic N) is 2. The highest BCUT2D eigenvalue weighted by atomic mass is 32.1. The molecule has 0 saturated heterocycles. The molecule has 0 aliphatic carbocycles. The Morgan fingerprint density at radius 2 is 1.89 bits per heavy atom. The first-order valence-electron chi connectivity index (χ1n) is 11.7. The maximum atomic E-state index is 13.5. The van der Waals surface area contributed by atoms with Gasteiger partial charge in [0.2, 0.25) is 5.78 Å². The predicted molar refractivity (Wildman–Crippen MR) is 138 cm³/mol. The molecule has 9 nitrogen and oxygen atoms in total. The molecule has 2 aromatic carbocycles. The predicted octanol–water partition coefficient (Wildman–Crippen LogP) is 5.48. The summed E-state index contributed by atoms with van der Waals surface area (Å²) in [5, 5.41) is 11.3. The summed E-state index contributed by atoms with van der Waals surface area (Å²) in [5.41, 5.74) is 1.08. The molecule has 10 heteroatoms. The van der Waals surface area contributed by atoms with Gasteiger partial charge in [0, 0.05) is 0 Å². The minimum Gasteiger partial charge on any atom is -0.503 e. The number of Topliss-reactive ketones (excluding diaryl/α,β-unsaturated/α-hetero) is 1. The van der Waals surface area contributed by atoms with Gasteiger partial charge >= 0.3 is 0 Å². The lowest BCUT2D eigenvalue weighted by atomic mass is 9.95. The number of carbonyl (C=O) groups excluding carboxylic acids is 2. The molecule has 0 saturated carbocycles. The van der Waals surface area contributed by atoms with Crippen molar-refractivity contribution >= 4 is 38.4 Å². The van der Waals surface area contributed by atoms with Gasteiger partial charge < -0.3 is 23.7 Å². The molecule has 4 aromatic rings. The minimum absolute atomic E-state index is 0.00574. The van der Waals surface area contributed by atoms with E-state index in [0.717, 1.165) is 4.70 Å². The lowest BCUT2D eigenvalue weighted by Gasteiger charge is -2.25. The molecule has 37 heavy (non-hydrogen) atoms. The molecule has 1 unspecified atom stereocenters. The summed E-state index contributed by atoms with van der Waals surface area (Å²) in [6.45, 7) is 4.53. The largest absolute Gasteiger partial charge is 0.503 e. The number of ketones is 1. The van der Waals surface area contributed by atoms with Crippen LogP contribution in [-0.4, -0.2) is 42.1 Å². The van der Waals surface area contributed by atoms with E-state index in [-0.39, 0.29) is 11.3 Å². The summed E-state index contributed by atoms with van der Waals surface area (Å²) < 4.78 is 22.9. The quantitative estimate of drug-likeness (QED) is 0.289. The Morgan fingerprint density at radius 3 is 2.59 bits per heavy atom. The van der Waals surface area contributed by atoms with Gasteiger partial charge in [0.15, 0.2) is 28.1 Å². The standard InChI is InChI=1S/C27H24N2O7S/c1-4-34-18-11-8-15(13-20(18)35-5-2)23-22(24(30)19-7-6-12-36-19)25(31)26(32)29(23)27-28-17-10-9-16(33-3)14-21(17)37-27/h6-14,23,31H,4-5H2,1-3H3. The molecule has 190 valence electrons. The van der Waals surface area contributed by atoms with Gasteiger partial charge in [-0.05, 0) is 61.9 Å². The third-order valence-electron chi connectivity index (χ3n) is 5.87. The molecule has 1 aliphatic heterocycles. The van der Waals surface area contributed by atoms with Crippen molar-refractivity contribution in [2.75, 3.05) is 25.2 Å². The number of hydrogen-bond donors (Lipinski definition) is 1. The number of furan rings is 1. The number of anilines is 1. The topological polar surface area (TPSA) is 111 Å². The van der Waals surface area contributed by atoms with Gasteiger partial charge in [-0.3, -0.25) is 14.5 Å². The van der Waals surface area contributed by atoms with Crippen LogP contribution in [0.5, 0.6) is 17.2 Å². The Morgan fingerprint density at radius 1 is 1.11 bits per heavy atom. The van der Waals surface area contributed by atoms with Gasteiger partial charge in [-0.2, -0.15) is 0 Å². The molecule has 5 rings (SSSR count). The number of carbonyl (C=O) groups is 2. The number of aromatic nitrogens is 1. The lowest BCUT2D eigenvalue weighted by molar-refractivity contribution is -0.117. The van der Waals surface area contributed by atoms with Crippen LogP contribution in [0.4, 0.5) is 5.13 Å². The Balaban J connectivity index is 1.68. The highest BCUT2D eigenvalue weighted by Gasteiger charge is 2.46. The van der Waals surface area contributed by atoms with E-state index in [9.17, 15) is 14.7 Å². The number of ether oxygens (including phenoxy) is 3. The van der Waals surface area contributed by atoms with Crippen molar-refractivity contribution in [3.63, 3.8) is 0 Å². The summed E-state index contributed by atoms with van der Waals surface area (Å²) in [6, 6.07) is 12.6. The maximum absolute atomic E-state index is 13.5. The molecule has 0 radical (unpaired) electrons. The van der Waals surface area contributed by atoms with Crippen molar-refractivity contribution < 1.29 is 33.3 Å². The van der Waals surface area contributed by atoms with Crippen molar-refractivity contribution in [3.05, 3.63) is 77.5 Å². The summed E-state index contributed by atoms with van der Waals surface area (Å²) >= 11 is 1.25. The third-order valence-corrected chi connectivity index (χ3v) is 6.89. The van der Waals surface area contributed by atoms with E-state index in [1.807, 2.05) is 19.9 Å². The summed E-state index contributed by atoms with van der Waals surface area (Å²) in [6.07, 6.45) is 1.36. The lowest BCUT2D eigenvalue weighted by Crippen LogP contribution is -2.31. The first kappa shape index (κ1) is 24.4. The summed E-state index contributed by atoms with van der Waals surface area (Å²) in [5.74, 6) is -0.353. The number of benzene rings is 2. The van der Waals surface area contributed by atoms with E-state index in [2.05, 4.69) is 4.98 Å². The molecule has 1 atom stereocenters. The number of aliphatic hydroxyl groups excluding tert-OH is 1. The fraction of sp³-hybridized carbons (Fsp3) is 0.222. The Kier molecular flexibility index (Phi) is 6.58. The van der Waals surface area contributed by atoms with Gasteiger partial charge in [-0.15, -0.1) is 0 Å². The molecule has 1 N–H and O–H groups in total. The van der Waals surface area contributed by atoms with Gasteiger partial charge in [0.05, 0.1) is 48.4 Å². The highest BCUT2D eigenvalue weighted by Crippen LogP contribution is 2.46. The van der Waals surface area contributed by atoms with Crippen molar-refractivity contribution in [1.82, 2.24) is 4.98 Å². The van der Waals surface area contributed by atoms with Crippen molar-refractivity contribution in [2.45, 2.75) is 19.9 Å². The van der Waals surface area contributed by atoms with Crippen LogP contribution in [0.3, 0.4) is 0 Å². The highest BCUT2D eigenvalue weighted by molar-refractivity contribution is 7.22. The fourth-order valence-corrected chi connectivity index (χ4v) is 5.27. The number of thiazole rings is 1. The zero-order valence-electron chi connectivity index (χ0n) is 20.4. The number of fused-ring (bicyclic) bond motifs is 1. The van der Waals surface area contributed by atoms with Crippen LogP contribution in [0.15, 0.2) is 70.5 Å². The van der Waals surface area contributed by atoms with E-state index in [1.54, 1.807) is 43.5 Å². The first-order valence-corrected chi connectivity index (χ1v) is 12.5. The normalized spacial score (nSPS) is 15.5. The van der Waals surface area contributed by atoms with Gasteiger partial charge in [-0.1, -0.05) is 17.4 Å². The zero-order valence-corrected chi connectivity index (χ0v) is 21.2. The SMILES string of the molecule is CCOc1ccc(C2C(C(=O)c3ccco3)=C(O)C(=O)N2c2nc3ccc(OC)cc3s2)cc1OCC. The van der Waals surface area contributed by atoms with E-state index >= 15 is 0 Å². The zero-order chi connectivity index (χ0) is 26.1. The Bertz CT molecular complexity index is 1510.